The summed E-state index contributed by atoms with van der Waals surface area (Å²) in [5, 5.41) is 6.76. The highest BCUT2D eigenvalue weighted by atomic mass is 35.5. The van der Waals surface area contributed by atoms with Crippen LogP contribution in [0.25, 0.3) is 17.5 Å². The van der Waals surface area contributed by atoms with Crippen molar-refractivity contribution in [1.29, 1.82) is 0 Å². The van der Waals surface area contributed by atoms with Gasteiger partial charge >= 0.3 is 0 Å². The number of piperidine rings is 1. The standard InChI is InChI=1S/C21H20ClN3O2S/c22-17-5-3-16(4-6-17)21-23-19(27-24-21)14-15-9-11-25(12-10-15)20(26)8-7-18-2-1-13-28-18/h1-8,13,15H,9-12,14H2. The lowest BCUT2D eigenvalue weighted by Crippen LogP contribution is -2.38. The van der Waals surface area contributed by atoms with Crippen molar-refractivity contribution in [3.05, 3.63) is 63.6 Å². The van der Waals surface area contributed by atoms with Crippen LogP contribution in [0.2, 0.25) is 5.02 Å². The number of thiophene rings is 1. The number of nitrogens with zero attached hydrogens (tertiary/aromatic N) is 3. The summed E-state index contributed by atoms with van der Waals surface area (Å²) in [6, 6.07) is 11.4. The topological polar surface area (TPSA) is 59.2 Å². The average molecular weight is 414 g/mol. The molecule has 1 amide bonds. The van der Waals surface area contributed by atoms with Crippen LogP contribution in [-0.4, -0.2) is 34.0 Å². The first-order valence-corrected chi connectivity index (χ1v) is 10.5. The molecule has 0 aliphatic carbocycles. The highest BCUT2D eigenvalue weighted by Crippen LogP contribution is 2.24. The lowest BCUT2D eigenvalue weighted by Gasteiger charge is -2.30. The molecule has 28 heavy (non-hydrogen) atoms. The molecule has 4 rings (SSSR count). The summed E-state index contributed by atoms with van der Waals surface area (Å²) in [6.45, 7) is 1.52. The Morgan fingerprint density at radius 3 is 2.75 bits per heavy atom. The molecule has 7 heteroatoms. The number of halogens is 1. The van der Waals surface area contributed by atoms with E-state index in [9.17, 15) is 4.79 Å². The van der Waals surface area contributed by atoms with Crippen molar-refractivity contribution in [2.24, 2.45) is 5.92 Å². The van der Waals surface area contributed by atoms with Gasteiger partial charge in [-0.3, -0.25) is 4.79 Å². The molecule has 0 bridgehead atoms. The zero-order valence-electron chi connectivity index (χ0n) is 15.3. The summed E-state index contributed by atoms with van der Waals surface area (Å²) in [4.78, 5) is 19.8. The van der Waals surface area contributed by atoms with E-state index in [2.05, 4.69) is 10.1 Å². The van der Waals surface area contributed by atoms with E-state index in [1.165, 1.54) is 0 Å². The number of rotatable bonds is 5. The average Bonchev–Trinajstić information content (AvgIpc) is 3.39. The molecule has 1 aliphatic rings. The van der Waals surface area contributed by atoms with Crippen LogP contribution in [0.3, 0.4) is 0 Å². The maximum absolute atomic E-state index is 12.3. The molecule has 0 saturated carbocycles. The molecule has 1 aromatic carbocycles. The molecule has 2 aromatic heterocycles. The molecule has 1 fully saturated rings. The second-order valence-electron chi connectivity index (χ2n) is 6.84. The van der Waals surface area contributed by atoms with E-state index in [1.807, 2.05) is 52.8 Å². The predicted molar refractivity (Wildman–Crippen MR) is 111 cm³/mol. The van der Waals surface area contributed by atoms with Gasteiger partial charge in [-0.05, 0) is 60.5 Å². The summed E-state index contributed by atoms with van der Waals surface area (Å²) in [5.41, 5.74) is 0.886. The summed E-state index contributed by atoms with van der Waals surface area (Å²) in [6.07, 6.45) is 6.18. The second kappa shape index (κ2) is 8.71. The van der Waals surface area contributed by atoms with E-state index >= 15 is 0 Å². The molecule has 1 aliphatic heterocycles. The van der Waals surface area contributed by atoms with Crippen molar-refractivity contribution in [3.8, 4) is 11.4 Å². The van der Waals surface area contributed by atoms with Crippen LogP contribution < -0.4 is 0 Å². The number of likely N-dealkylation sites (tertiary alicyclic amines) is 1. The number of carbonyl (C=O) groups is 1. The predicted octanol–water partition coefficient (Wildman–Crippen LogP) is 4.95. The minimum absolute atomic E-state index is 0.0784. The van der Waals surface area contributed by atoms with Crippen LogP contribution in [0, 0.1) is 5.92 Å². The molecule has 0 spiro atoms. The molecule has 3 heterocycles. The SMILES string of the molecule is O=C(C=Cc1cccs1)N1CCC(Cc2nc(-c3ccc(Cl)cc3)no2)CC1. The van der Waals surface area contributed by atoms with Crippen LogP contribution in [0.5, 0.6) is 0 Å². The molecule has 0 unspecified atom stereocenters. The zero-order valence-corrected chi connectivity index (χ0v) is 16.8. The van der Waals surface area contributed by atoms with Gasteiger partial charge < -0.3 is 9.42 Å². The van der Waals surface area contributed by atoms with Crippen molar-refractivity contribution in [2.75, 3.05) is 13.1 Å². The van der Waals surface area contributed by atoms with Crippen LogP contribution in [0.1, 0.15) is 23.6 Å². The molecule has 0 N–H and O–H groups in total. The van der Waals surface area contributed by atoms with Gasteiger partial charge in [-0.1, -0.05) is 22.8 Å². The third-order valence-electron chi connectivity index (χ3n) is 4.89. The van der Waals surface area contributed by atoms with Crippen LogP contribution in [-0.2, 0) is 11.2 Å². The molecule has 3 aromatic rings. The first kappa shape index (κ1) is 18.9. The molecular weight excluding hydrogens is 394 g/mol. The molecule has 144 valence electrons. The Labute approximate surface area is 172 Å². The van der Waals surface area contributed by atoms with Crippen molar-refractivity contribution in [3.63, 3.8) is 0 Å². The van der Waals surface area contributed by atoms with Gasteiger partial charge in [0.05, 0.1) is 0 Å². The van der Waals surface area contributed by atoms with Crippen molar-refractivity contribution >= 4 is 34.9 Å². The third-order valence-corrected chi connectivity index (χ3v) is 5.98. The highest BCUT2D eigenvalue weighted by molar-refractivity contribution is 7.10. The smallest absolute Gasteiger partial charge is 0.246 e. The third kappa shape index (κ3) is 4.69. The summed E-state index contributed by atoms with van der Waals surface area (Å²) in [5.74, 6) is 1.75. The van der Waals surface area contributed by atoms with Crippen LogP contribution >= 0.6 is 22.9 Å². The number of hydrogen-bond donors (Lipinski definition) is 0. The number of amides is 1. The summed E-state index contributed by atoms with van der Waals surface area (Å²) < 4.78 is 5.42. The van der Waals surface area contributed by atoms with E-state index in [0.717, 1.165) is 42.8 Å². The molecule has 1 saturated heterocycles. The quantitative estimate of drug-likeness (QED) is 0.555. The normalized spacial score (nSPS) is 15.4. The molecular formula is C21H20ClN3O2S. The minimum Gasteiger partial charge on any atom is -0.339 e. The summed E-state index contributed by atoms with van der Waals surface area (Å²) >= 11 is 7.54. The Balaban J connectivity index is 1.29. The number of benzene rings is 1. The lowest BCUT2D eigenvalue weighted by molar-refractivity contribution is -0.127. The van der Waals surface area contributed by atoms with Gasteiger partial charge in [0.1, 0.15) is 0 Å². The Morgan fingerprint density at radius 2 is 2.04 bits per heavy atom. The number of aromatic nitrogens is 2. The maximum Gasteiger partial charge on any atom is 0.246 e. The Hall–Kier alpha value is -2.44. The lowest BCUT2D eigenvalue weighted by atomic mass is 9.93. The van der Waals surface area contributed by atoms with Crippen molar-refractivity contribution in [2.45, 2.75) is 19.3 Å². The largest absolute Gasteiger partial charge is 0.339 e. The van der Waals surface area contributed by atoms with Crippen molar-refractivity contribution in [1.82, 2.24) is 15.0 Å². The van der Waals surface area contributed by atoms with E-state index in [0.29, 0.717) is 22.7 Å². The monoisotopic (exact) mass is 413 g/mol. The van der Waals surface area contributed by atoms with Crippen molar-refractivity contribution < 1.29 is 9.32 Å². The van der Waals surface area contributed by atoms with Gasteiger partial charge in [0.2, 0.25) is 17.6 Å². The maximum atomic E-state index is 12.3. The van der Waals surface area contributed by atoms with Gasteiger partial charge in [-0.2, -0.15) is 4.98 Å². The fraction of sp³-hybridized carbons (Fsp3) is 0.286. The van der Waals surface area contributed by atoms with Crippen LogP contribution in [0.4, 0.5) is 0 Å². The Bertz CT molecular complexity index is 942. The zero-order chi connectivity index (χ0) is 19.3. The van der Waals surface area contributed by atoms with Gasteiger partial charge in [-0.15, -0.1) is 11.3 Å². The van der Waals surface area contributed by atoms with Gasteiger partial charge in [0.25, 0.3) is 0 Å². The summed E-state index contributed by atoms with van der Waals surface area (Å²) in [7, 11) is 0. The Morgan fingerprint density at radius 1 is 1.25 bits per heavy atom. The van der Waals surface area contributed by atoms with E-state index < -0.39 is 0 Å². The second-order valence-corrected chi connectivity index (χ2v) is 8.26. The number of carbonyl (C=O) groups excluding carboxylic acids is 1. The van der Waals surface area contributed by atoms with Gasteiger partial charge in [0.15, 0.2) is 0 Å². The molecule has 0 atom stereocenters. The molecule has 5 nitrogen and oxygen atoms in total. The first-order chi connectivity index (χ1) is 13.7. The fourth-order valence-corrected chi connectivity index (χ4v) is 4.05. The van der Waals surface area contributed by atoms with E-state index in [1.54, 1.807) is 17.4 Å². The Kier molecular flexibility index (Phi) is 5.88. The first-order valence-electron chi connectivity index (χ1n) is 9.26. The van der Waals surface area contributed by atoms with E-state index in [-0.39, 0.29) is 5.91 Å². The van der Waals surface area contributed by atoms with E-state index in [4.69, 9.17) is 16.1 Å². The minimum atomic E-state index is 0.0784. The van der Waals surface area contributed by atoms with Gasteiger partial charge in [0, 0.05) is 41.0 Å². The van der Waals surface area contributed by atoms with Crippen LogP contribution in [0.15, 0.2) is 52.4 Å². The molecule has 0 radical (unpaired) electrons. The number of hydrogen-bond acceptors (Lipinski definition) is 5. The van der Waals surface area contributed by atoms with Gasteiger partial charge in [-0.25, -0.2) is 0 Å². The fourth-order valence-electron chi connectivity index (χ4n) is 3.30. The highest BCUT2D eigenvalue weighted by Gasteiger charge is 2.23.